The van der Waals surface area contributed by atoms with Gasteiger partial charge < -0.3 is 10.3 Å². The molecule has 2 aromatic carbocycles. The highest BCUT2D eigenvalue weighted by Crippen LogP contribution is 2.30. The van der Waals surface area contributed by atoms with Crippen molar-refractivity contribution in [3.63, 3.8) is 0 Å². The predicted molar refractivity (Wildman–Crippen MR) is 83.2 cm³/mol. The second-order valence-corrected chi connectivity index (χ2v) is 4.78. The minimum Gasteiger partial charge on any atom is -0.383 e. The third-order valence-electron chi connectivity index (χ3n) is 3.46. The van der Waals surface area contributed by atoms with Crippen LogP contribution in [-0.4, -0.2) is 9.55 Å². The van der Waals surface area contributed by atoms with E-state index >= 15 is 0 Å². The number of nitrogen functional groups attached to an aromatic ring is 1. The molecule has 0 unspecified atom stereocenters. The van der Waals surface area contributed by atoms with Crippen molar-refractivity contribution in [2.24, 2.45) is 7.05 Å². The third kappa shape index (κ3) is 2.26. The Balaban J connectivity index is 2.10. The highest BCUT2D eigenvalue weighted by atomic mass is 15.1. The molecule has 0 saturated heterocycles. The van der Waals surface area contributed by atoms with Crippen molar-refractivity contribution >= 4 is 5.82 Å². The van der Waals surface area contributed by atoms with E-state index in [4.69, 9.17) is 11.0 Å². The van der Waals surface area contributed by atoms with E-state index in [0.29, 0.717) is 11.4 Å². The Hall–Kier alpha value is -3.06. The fraction of sp³-hybridized carbons (Fsp3) is 0.0588. The summed E-state index contributed by atoms with van der Waals surface area (Å²) in [5.41, 5.74) is 9.46. The summed E-state index contributed by atoms with van der Waals surface area (Å²) in [6, 6.07) is 19.3. The van der Waals surface area contributed by atoms with E-state index in [-0.39, 0.29) is 0 Å². The largest absolute Gasteiger partial charge is 0.383 e. The molecule has 4 nitrogen and oxygen atoms in total. The lowest BCUT2D eigenvalue weighted by atomic mass is 10.1. The van der Waals surface area contributed by atoms with Crippen molar-refractivity contribution in [1.82, 2.24) is 9.55 Å². The molecule has 0 saturated carbocycles. The van der Waals surface area contributed by atoms with E-state index in [2.05, 4.69) is 11.1 Å². The molecule has 21 heavy (non-hydrogen) atoms. The van der Waals surface area contributed by atoms with Crippen LogP contribution in [0.25, 0.3) is 22.6 Å². The number of hydrogen-bond acceptors (Lipinski definition) is 3. The molecule has 1 aromatic heterocycles. The van der Waals surface area contributed by atoms with Crippen LogP contribution in [0.1, 0.15) is 5.56 Å². The maximum atomic E-state index is 8.86. The van der Waals surface area contributed by atoms with Crippen LogP contribution in [0.4, 0.5) is 5.82 Å². The Morgan fingerprint density at radius 3 is 2.29 bits per heavy atom. The first-order valence-corrected chi connectivity index (χ1v) is 6.59. The van der Waals surface area contributed by atoms with Crippen molar-refractivity contribution < 1.29 is 0 Å². The molecule has 0 radical (unpaired) electrons. The number of rotatable bonds is 2. The van der Waals surface area contributed by atoms with E-state index in [1.165, 1.54) is 0 Å². The fourth-order valence-corrected chi connectivity index (χ4v) is 2.27. The van der Waals surface area contributed by atoms with Crippen molar-refractivity contribution in [2.45, 2.75) is 0 Å². The van der Waals surface area contributed by atoms with Gasteiger partial charge in [-0.3, -0.25) is 0 Å². The Morgan fingerprint density at radius 1 is 1.00 bits per heavy atom. The van der Waals surface area contributed by atoms with Gasteiger partial charge >= 0.3 is 0 Å². The summed E-state index contributed by atoms with van der Waals surface area (Å²) < 4.78 is 1.88. The minimum absolute atomic E-state index is 0.610. The molecule has 102 valence electrons. The van der Waals surface area contributed by atoms with E-state index in [1.54, 1.807) is 12.1 Å². The maximum Gasteiger partial charge on any atom is 0.142 e. The summed E-state index contributed by atoms with van der Waals surface area (Å²) in [7, 11) is 1.90. The average molecular weight is 274 g/mol. The monoisotopic (exact) mass is 274 g/mol. The molecule has 1 heterocycles. The van der Waals surface area contributed by atoms with Gasteiger partial charge in [0.05, 0.1) is 11.6 Å². The van der Waals surface area contributed by atoms with E-state index in [1.807, 2.05) is 54.1 Å². The SMILES string of the molecule is Cn1c(-c2ccccc2)nc(-c2ccc(C#N)cc2)c1N. The lowest BCUT2D eigenvalue weighted by Gasteiger charge is -2.02. The summed E-state index contributed by atoms with van der Waals surface area (Å²) in [5.74, 6) is 1.44. The van der Waals surface area contributed by atoms with Crippen LogP contribution in [0, 0.1) is 11.3 Å². The van der Waals surface area contributed by atoms with Gasteiger partial charge in [0.1, 0.15) is 17.3 Å². The minimum atomic E-state index is 0.610. The Kier molecular flexibility index (Phi) is 3.17. The number of nitrogens with zero attached hydrogens (tertiary/aromatic N) is 3. The molecule has 0 bridgehead atoms. The maximum absolute atomic E-state index is 8.86. The van der Waals surface area contributed by atoms with Gasteiger partial charge in [-0.05, 0) is 12.1 Å². The zero-order chi connectivity index (χ0) is 14.8. The van der Waals surface area contributed by atoms with E-state index in [0.717, 1.165) is 22.6 Å². The lowest BCUT2D eigenvalue weighted by Crippen LogP contribution is -1.98. The number of hydrogen-bond donors (Lipinski definition) is 1. The number of aromatic nitrogens is 2. The molecule has 0 aliphatic carbocycles. The van der Waals surface area contributed by atoms with Gasteiger partial charge in [0.2, 0.25) is 0 Å². The average Bonchev–Trinajstić information content (AvgIpc) is 2.84. The number of anilines is 1. The first-order chi connectivity index (χ1) is 10.2. The molecule has 3 aromatic rings. The number of imidazole rings is 1. The second kappa shape index (κ2) is 5.14. The van der Waals surface area contributed by atoms with Crippen molar-refractivity contribution in [3.8, 4) is 28.7 Å². The third-order valence-corrected chi connectivity index (χ3v) is 3.46. The Labute approximate surface area is 123 Å². The summed E-state index contributed by atoms with van der Waals surface area (Å²) in [6.07, 6.45) is 0. The molecule has 4 heteroatoms. The number of nitrogens with two attached hydrogens (primary N) is 1. The van der Waals surface area contributed by atoms with Crippen LogP contribution in [0.2, 0.25) is 0 Å². The highest BCUT2D eigenvalue weighted by Gasteiger charge is 2.14. The molecule has 2 N–H and O–H groups in total. The van der Waals surface area contributed by atoms with Gasteiger partial charge in [-0.15, -0.1) is 0 Å². The predicted octanol–water partition coefficient (Wildman–Crippen LogP) is 3.21. The number of benzene rings is 2. The molecule has 0 aliphatic rings. The van der Waals surface area contributed by atoms with Crippen molar-refractivity contribution in [1.29, 1.82) is 5.26 Å². The van der Waals surface area contributed by atoms with Crippen LogP contribution in [0.5, 0.6) is 0 Å². The molecule has 0 spiro atoms. The zero-order valence-corrected chi connectivity index (χ0v) is 11.6. The normalized spacial score (nSPS) is 10.3. The van der Waals surface area contributed by atoms with Gasteiger partial charge in [-0.25, -0.2) is 4.98 Å². The molecule has 0 aliphatic heterocycles. The standard InChI is InChI=1S/C17H14N4/c1-21-16(19)15(13-9-7-12(11-18)8-10-13)20-17(21)14-5-3-2-4-6-14/h2-10H,19H2,1H3. The summed E-state index contributed by atoms with van der Waals surface area (Å²) in [5, 5.41) is 8.86. The van der Waals surface area contributed by atoms with Crippen LogP contribution in [-0.2, 0) is 7.05 Å². The van der Waals surface area contributed by atoms with Crippen LogP contribution < -0.4 is 5.73 Å². The van der Waals surface area contributed by atoms with Gasteiger partial charge in [-0.2, -0.15) is 5.26 Å². The molecular formula is C17H14N4. The first-order valence-electron chi connectivity index (χ1n) is 6.59. The van der Waals surface area contributed by atoms with Gasteiger partial charge in [0, 0.05) is 18.2 Å². The summed E-state index contributed by atoms with van der Waals surface area (Å²) in [6.45, 7) is 0. The van der Waals surface area contributed by atoms with Crippen molar-refractivity contribution in [2.75, 3.05) is 5.73 Å². The number of nitriles is 1. The lowest BCUT2D eigenvalue weighted by molar-refractivity contribution is 0.937. The highest BCUT2D eigenvalue weighted by molar-refractivity contribution is 5.75. The quantitative estimate of drug-likeness (QED) is 0.780. The van der Waals surface area contributed by atoms with E-state index < -0.39 is 0 Å². The molecule has 0 amide bonds. The second-order valence-electron chi connectivity index (χ2n) is 4.78. The van der Waals surface area contributed by atoms with E-state index in [9.17, 15) is 0 Å². The fourth-order valence-electron chi connectivity index (χ4n) is 2.27. The Bertz CT molecular complexity index is 808. The molecule has 0 atom stereocenters. The van der Waals surface area contributed by atoms with Crippen LogP contribution >= 0.6 is 0 Å². The molecular weight excluding hydrogens is 260 g/mol. The van der Waals surface area contributed by atoms with Gasteiger partial charge in [0.25, 0.3) is 0 Å². The van der Waals surface area contributed by atoms with Gasteiger partial charge in [0.15, 0.2) is 0 Å². The topological polar surface area (TPSA) is 67.6 Å². The summed E-state index contributed by atoms with van der Waals surface area (Å²) >= 11 is 0. The summed E-state index contributed by atoms with van der Waals surface area (Å²) in [4.78, 5) is 4.66. The van der Waals surface area contributed by atoms with Crippen LogP contribution in [0.15, 0.2) is 54.6 Å². The van der Waals surface area contributed by atoms with Crippen LogP contribution in [0.3, 0.4) is 0 Å². The molecule has 3 rings (SSSR count). The Morgan fingerprint density at radius 2 is 1.67 bits per heavy atom. The smallest absolute Gasteiger partial charge is 0.142 e. The van der Waals surface area contributed by atoms with Crippen molar-refractivity contribution in [3.05, 3.63) is 60.2 Å². The first kappa shape index (κ1) is 12.9. The van der Waals surface area contributed by atoms with Gasteiger partial charge in [-0.1, -0.05) is 42.5 Å². The zero-order valence-electron chi connectivity index (χ0n) is 11.6. The molecule has 0 fully saturated rings.